The number of pyridine rings is 1. The van der Waals surface area contributed by atoms with E-state index >= 15 is 0 Å². The van der Waals surface area contributed by atoms with Crippen molar-refractivity contribution in [2.24, 2.45) is 4.99 Å². The molecule has 3 amide bonds. The Balaban J connectivity index is 1.75. The van der Waals surface area contributed by atoms with Gasteiger partial charge in [0.1, 0.15) is 28.2 Å². The standard InChI is InChI=1S/C18H14F3N7O2S2/c1-2-22-17(30)27-12-3-8(16-26-11(7-31-16)18(19,20)21)9(4-23-12)15-25-5-10(32-15)14-24-6-13(29)28-14/h3-5,7H,2,6H2,1H3,(H,24,28,29)(H2,22,23,27,30). The summed E-state index contributed by atoms with van der Waals surface area (Å²) in [6.07, 6.45) is -1.67. The third-order valence-electron chi connectivity index (χ3n) is 4.12. The fourth-order valence-electron chi connectivity index (χ4n) is 2.73. The van der Waals surface area contributed by atoms with Gasteiger partial charge in [-0.15, -0.1) is 22.7 Å². The number of hydrogen-bond donors (Lipinski definition) is 3. The number of alkyl halides is 3. The van der Waals surface area contributed by atoms with Crippen molar-refractivity contribution in [1.82, 2.24) is 25.6 Å². The molecular formula is C18H14F3N7O2S2. The zero-order valence-electron chi connectivity index (χ0n) is 16.3. The first-order chi connectivity index (χ1) is 15.2. The molecule has 4 rings (SSSR count). The number of urea groups is 1. The SMILES string of the molecule is CCNC(=O)Nc1cc(-c2nc(C(F)(F)F)cs2)c(-c2ncc(C3=NCC(=O)N3)s2)cn1. The molecule has 1 aliphatic heterocycles. The summed E-state index contributed by atoms with van der Waals surface area (Å²) in [6, 6.07) is 0.944. The maximum absolute atomic E-state index is 13.1. The maximum Gasteiger partial charge on any atom is 0.434 e. The number of carbonyl (C=O) groups is 2. The maximum atomic E-state index is 13.1. The lowest BCUT2D eigenvalue weighted by atomic mass is 10.1. The number of nitrogens with zero attached hydrogens (tertiary/aromatic N) is 4. The minimum atomic E-state index is -4.59. The van der Waals surface area contributed by atoms with Crippen LogP contribution in [0.4, 0.5) is 23.8 Å². The van der Waals surface area contributed by atoms with Gasteiger partial charge in [0, 0.05) is 35.4 Å². The molecule has 3 aromatic heterocycles. The normalized spacial score (nSPS) is 13.6. The second kappa shape index (κ2) is 8.63. The predicted octanol–water partition coefficient (Wildman–Crippen LogP) is 3.37. The summed E-state index contributed by atoms with van der Waals surface area (Å²) in [5.74, 6) is 0.291. The van der Waals surface area contributed by atoms with Gasteiger partial charge in [-0.1, -0.05) is 0 Å². The van der Waals surface area contributed by atoms with E-state index < -0.39 is 17.9 Å². The number of halogens is 3. The van der Waals surface area contributed by atoms with E-state index in [1.807, 2.05) is 0 Å². The molecule has 0 aromatic carbocycles. The second-order valence-corrected chi connectivity index (χ2v) is 8.27. The van der Waals surface area contributed by atoms with Gasteiger partial charge in [-0.05, 0) is 13.0 Å². The number of aromatic nitrogens is 3. The monoisotopic (exact) mass is 481 g/mol. The van der Waals surface area contributed by atoms with Crippen molar-refractivity contribution in [2.75, 3.05) is 18.4 Å². The Morgan fingerprint density at radius 2 is 2.03 bits per heavy atom. The van der Waals surface area contributed by atoms with Crippen LogP contribution in [0.2, 0.25) is 0 Å². The zero-order chi connectivity index (χ0) is 22.9. The Bertz CT molecular complexity index is 1220. The smallest absolute Gasteiger partial charge is 0.338 e. The summed E-state index contributed by atoms with van der Waals surface area (Å²) in [5, 5.41) is 9.17. The van der Waals surface area contributed by atoms with Crippen LogP contribution in [-0.2, 0) is 11.0 Å². The van der Waals surface area contributed by atoms with Crippen LogP contribution in [0.1, 0.15) is 17.5 Å². The number of anilines is 1. The van der Waals surface area contributed by atoms with Crippen LogP contribution < -0.4 is 16.0 Å². The summed E-state index contributed by atoms with van der Waals surface area (Å²) >= 11 is 2.01. The molecule has 0 saturated carbocycles. The van der Waals surface area contributed by atoms with E-state index in [0.29, 0.717) is 33.4 Å². The van der Waals surface area contributed by atoms with Crippen molar-refractivity contribution < 1.29 is 22.8 Å². The van der Waals surface area contributed by atoms with Crippen molar-refractivity contribution in [1.29, 1.82) is 0 Å². The topological polar surface area (TPSA) is 121 Å². The average molecular weight is 481 g/mol. The minimum absolute atomic E-state index is 0.0227. The number of rotatable bonds is 5. The summed E-state index contributed by atoms with van der Waals surface area (Å²) in [5.41, 5.74) is -0.261. The van der Waals surface area contributed by atoms with E-state index in [1.165, 1.54) is 29.8 Å². The summed E-state index contributed by atoms with van der Waals surface area (Å²) in [7, 11) is 0. The van der Waals surface area contributed by atoms with Crippen molar-refractivity contribution in [3.63, 3.8) is 0 Å². The van der Waals surface area contributed by atoms with Gasteiger partial charge in [0.2, 0.25) is 5.91 Å². The van der Waals surface area contributed by atoms with Gasteiger partial charge < -0.3 is 10.6 Å². The van der Waals surface area contributed by atoms with Crippen molar-refractivity contribution in [2.45, 2.75) is 13.1 Å². The van der Waals surface area contributed by atoms with Crippen molar-refractivity contribution in [3.8, 4) is 21.1 Å². The summed E-state index contributed by atoms with van der Waals surface area (Å²) in [4.78, 5) is 40.2. The highest BCUT2D eigenvalue weighted by atomic mass is 32.1. The van der Waals surface area contributed by atoms with Crippen LogP contribution in [0.25, 0.3) is 21.1 Å². The fraction of sp³-hybridized carbons (Fsp3) is 0.222. The highest BCUT2D eigenvalue weighted by molar-refractivity contribution is 7.17. The lowest BCUT2D eigenvalue weighted by Crippen LogP contribution is -2.28. The number of thiazole rings is 2. The number of amidine groups is 1. The van der Waals surface area contributed by atoms with Crippen molar-refractivity contribution in [3.05, 3.63) is 34.4 Å². The Morgan fingerprint density at radius 3 is 2.69 bits per heavy atom. The average Bonchev–Trinajstić information content (AvgIpc) is 3.48. The summed E-state index contributed by atoms with van der Waals surface area (Å²) in [6.45, 7) is 2.16. The van der Waals surface area contributed by atoms with Crippen LogP contribution in [0.5, 0.6) is 0 Å². The molecule has 166 valence electrons. The molecule has 0 fully saturated rings. The number of carbonyl (C=O) groups excluding carboxylic acids is 2. The third-order valence-corrected chi connectivity index (χ3v) is 6.03. The highest BCUT2D eigenvalue weighted by Crippen LogP contribution is 2.39. The molecule has 3 N–H and O–H groups in total. The molecule has 1 aliphatic rings. The Hall–Kier alpha value is -3.39. The first-order valence-electron chi connectivity index (χ1n) is 9.13. The van der Waals surface area contributed by atoms with E-state index in [0.717, 1.165) is 16.7 Å². The van der Waals surface area contributed by atoms with Gasteiger partial charge >= 0.3 is 12.2 Å². The largest absolute Gasteiger partial charge is 0.434 e. The van der Waals surface area contributed by atoms with Gasteiger partial charge in [-0.2, -0.15) is 13.2 Å². The van der Waals surface area contributed by atoms with Gasteiger partial charge in [0.25, 0.3) is 0 Å². The Morgan fingerprint density at radius 1 is 1.22 bits per heavy atom. The molecular weight excluding hydrogens is 467 g/mol. The van der Waals surface area contributed by atoms with Crippen LogP contribution in [-0.4, -0.2) is 45.8 Å². The molecule has 0 unspecified atom stereocenters. The molecule has 4 heterocycles. The minimum Gasteiger partial charge on any atom is -0.338 e. The van der Waals surface area contributed by atoms with Gasteiger partial charge in [0.15, 0.2) is 5.69 Å². The summed E-state index contributed by atoms with van der Waals surface area (Å²) < 4.78 is 39.3. The Kier molecular flexibility index (Phi) is 5.88. The zero-order valence-corrected chi connectivity index (χ0v) is 17.9. The second-order valence-electron chi connectivity index (χ2n) is 6.38. The van der Waals surface area contributed by atoms with E-state index in [9.17, 15) is 22.8 Å². The lowest BCUT2D eigenvalue weighted by Gasteiger charge is -2.09. The molecule has 0 radical (unpaired) electrons. The molecule has 0 saturated heterocycles. The fourth-order valence-corrected chi connectivity index (χ4v) is 4.49. The predicted molar refractivity (Wildman–Crippen MR) is 114 cm³/mol. The van der Waals surface area contributed by atoms with Gasteiger partial charge in [0.05, 0.1) is 4.88 Å². The van der Waals surface area contributed by atoms with Crippen LogP contribution in [0.15, 0.2) is 28.8 Å². The van der Waals surface area contributed by atoms with E-state index in [2.05, 4.69) is 35.9 Å². The molecule has 14 heteroatoms. The van der Waals surface area contributed by atoms with E-state index in [4.69, 9.17) is 0 Å². The molecule has 0 spiro atoms. The molecule has 0 aliphatic carbocycles. The van der Waals surface area contributed by atoms with E-state index in [1.54, 1.807) is 6.92 Å². The first kappa shape index (κ1) is 21.8. The van der Waals surface area contributed by atoms with Crippen LogP contribution in [0, 0.1) is 0 Å². The van der Waals surface area contributed by atoms with Gasteiger partial charge in [-0.25, -0.2) is 19.7 Å². The number of hydrogen-bond acceptors (Lipinski definition) is 8. The van der Waals surface area contributed by atoms with Crippen LogP contribution >= 0.6 is 22.7 Å². The lowest BCUT2D eigenvalue weighted by molar-refractivity contribution is -0.140. The van der Waals surface area contributed by atoms with E-state index in [-0.39, 0.29) is 23.3 Å². The van der Waals surface area contributed by atoms with Gasteiger partial charge in [-0.3, -0.25) is 15.1 Å². The van der Waals surface area contributed by atoms with Crippen molar-refractivity contribution >= 4 is 46.3 Å². The number of nitrogens with one attached hydrogen (secondary N) is 3. The number of aliphatic imine (C=N–C) groups is 1. The molecule has 32 heavy (non-hydrogen) atoms. The molecule has 0 atom stereocenters. The third kappa shape index (κ3) is 4.60. The highest BCUT2D eigenvalue weighted by Gasteiger charge is 2.34. The molecule has 9 nitrogen and oxygen atoms in total. The molecule has 3 aromatic rings. The Labute approximate surface area is 186 Å². The first-order valence-corrected chi connectivity index (χ1v) is 10.8. The molecule has 0 bridgehead atoms. The quantitative estimate of drug-likeness (QED) is 0.516. The van der Waals surface area contributed by atoms with Crippen LogP contribution in [0.3, 0.4) is 0 Å². The number of amides is 3.